The molecule has 9 heteroatoms. The van der Waals surface area contributed by atoms with Gasteiger partial charge in [-0.25, -0.2) is 0 Å². The number of benzene rings is 3. The molecule has 2 aliphatic rings. The second kappa shape index (κ2) is 11.1. The number of amides is 1. The average molecular weight is 560 g/mol. The van der Waals surface area contributed by atoms with E-state index in [0.717, 1.165) is 35.1 Å². The molecule has 0 bridgehead atoms. The third kappa shape index (κ3) is 4.84. The molecule has 6 rings (SSSR count). The van der Waals surface area contributed by atoms with Gasteiger partial charge in [0.15, 0.2) is 23.0 Å². The smallest absolute Gasteiger partial charge is 0.273 e. The fourth-order valence-electron chi connectivity index (χ4n) is 5.18. The molecule has 0 spiro atoms. The van der Waals surface area contributed by atoms with E-state index in [1.54, 1.807) is 0 Å². The van der Waals surface area contributed by atoms with Crippen molar-refractivity contribution in [1.82, 2.24) is 15.1 Å². The normalized spacial score (nSPS) is 15.4. The second-order valence-corrected chi connectivity index (χ2v) is 10.2. The maximum Gasteiger partial charge on any atom is 0.273 e. The number of aromatic amines is 1. The number of ether oxygens (including phenoxy) is 4. The molecular formula is C31H30ClN3O5. The largest absolute Gasteiger partial charge is 0.490 e. The van der Waals surface area contributed by atoms with Crippen molar-refractivity contribution in [2.24, 2.45) is 0 Å². The monoisotopic (exact) mass is 559 g/mol. The van der Waals surface area contributed by atoms with Crippen LogP contribution in [-0.4, -0.2) is 41.0 Å². The maximum atomic E-state index is 13.9. The van der Waals surface area contributed by atoms with Crippen LogP contribution in [0.15, 0.2) is 60.7 Å². The number of nitrogens with zero attached hydrogens (tertiary/aromatic N) is 2. The summed E-state index contributed by atoms with van der Waals surface area (Å²) in [6, 6.07) is 18.7. The number of H-pyrrole nitrogens is 1. The number of hydrogen-bond donors (Lipinski definition) is 1. The van der Waals surface area contributed by atoms with Crippen molar-refractivity contribution in [3.8, 4) is 34.3 Å². The number of hydrogen-bond acceptors (Lipinski definition) is 6. The van der Waals surface area contributed by atoms with Gasteiger partial charge in [0.05, 0.1) is 24.9 Å². The van der Waals surface area contributed by atoms with Crippen LogP contribution in [0, 0.1) is 0 Å². The number of unbranched alkanes of at least 4 members (excludes halogenated alkanes) is 1. The highest BCUT2D eigenvalue weighted by Gasteiger charge is 2.42. The first-order chi connectivity index (χ1) is 19.6. The van der Waals surface area contributed by atoms with Crippen LogP contribution in [0.1, 0.15) is 59.9 Å². The van der Waals surface area contributed by atoms with Gasteiger partial charge in [-0.15, -0.1) is 0 Å². The van der Waals surface area contributed by atoms with Crippen molar-refractivity contribution >= 4 is 17.5 Å². The Kier molecular flexibility index (Phi) is 7.26. The molecule has 0 saturated heterocycles. The first kappa shape index (κ1) is 26.1. The lowest BCUT2D eigenvalue weighted by molar-refractivity contribution is 0.0729. The second-order valence-electron chi connectivity index (χ2n) is 9.73. The van der Waals surface area contributed by atoms with Crippen molar-refractivity contribution in [2.75, 3.05) is 20.0 Å². The molecule has 3 heterocycles. The summed E-state index contributed by atoms with van der Waals surface area (Å²) in [6.07, 6.45) is 1.99. The van der Waals surface area contributed by atoms with Gasteiger partial charge in [0.2, 0.25) is 6.79 Å². The van der Waals surface area contributed by atoms with Crippen LogP contribution in [0.5, 0.6) is 23.0 Å². The molecule has 2 aliphatic heterocycles. The molecule has 0 radical (unpaired) electrons. The number of halogens is 1. The number of rotatable bonds is 10. The molecule has 1 amide bonds. The lowest BCUT2D eigenvalue weighted by Gasteiger charge is -2.27. The van der Waals surface area contributed by atoms with E-state index in [4.69, 9.17) is 30.5 Å². The zero-order valence-electron chi connectivity index (χ0n) is 22.4. The number of carbonyl (C=O) groups is 1. The molecule has 1 unspecified atom stereocenters. The molecular weight excluding hydrogens is 530 g/mol. The Labute approximate surface area is 237 Å². The standard InChI is InChI=1S/C31H30ClN3O5/c1-3-5-14-38-23-13-9-21(16-26(23)37-4-2)30-27-28(20-7-10-22(32)11-8-20)33-34-29(27)31(36)35(30)17-19-6-12-24-25(15-19)40-18-39-24/h6-13,15-16,30H,3-5,14,17-18H2,1-2H3,(H,33,34). The van der Waals surface area contributed by atoms with Crippen molar-refractivity contribution in [1.29, 1.82) is 0 Å². The first-order valence-corrected chi connectivity index (χ1v) is 13.9. The van der Waals surface area contributed by atoms with Crippen LogP contribution in [0.3, 0.4) is 0 Å². The zero-order chi connectivity index (χ0) is 27.6. The third-order valence-electron chi connectivity index (χ3n) is 7.11. The minimum absolute atomic E-state index is 0.133. The summed E-state index contributed by atoms with van der Waals surface area (Å²) in [5.41, 5.74) is 4.69. The van der Waals surface area contributed by atoms with Crippen LogP contribution in [0.25, 0.3) is 11.3 Å². The summed E-state index contributed by atoms with van der Waals surface area (Å²) >= 11 is 6.16. The van der Waals surface area contributed by atoms with Crippen LogP contribution in [0.2, 0.25) is 5.02 Å². The summed E-state index contributed by atoms with van der Waals surface area (Å²) in [6.45, 7) is 5.73. The topological polar surface area (TPSA) is 85.9 Å². The van der Waals surface area contributed by atoms with Gasteiger partial charge in [-0.05, 0) is 60.9 Å². The number of carbonyl (C=O) groups excluding carboxylic acids is 1. The van der Waals surface area contributed by atoms with Crippen LogP contribution >= 0.6 is 11.6 Å². The maximum absolute atomic E-state index is 13.9. The first-order valence-electron chi connectivity index (χ1n) is 13.5. The molecule has 0 aliphatic carbocycles. The van der Waals surface area contributed by atoms with E-state index in [1.807, 2.05) is 72.5 Å². The van der Waals surface area contributed by atoms with Crippen LogP contribution < -0.4 is 18.9 Å². The van der Waals surface area contributed by atoms with Gasteiger partial charge >= 0.3 is 0 Å². The van der Waals surface area contributed by atoms with Crippen molar-refractivity contribution in [2.45, 2.75) is 39.3 Å². The SMILES string of the molecule is CCCCOc1ccc(C2c3c(-c4ccc(Cl)cc4)n[nH]c3C(=O)N2Cc2ccc3c(c2)OCO3)cc1OCC. The fraction of sp³-hybridized carbons (Fsp3) is 0.290. The van der Waals surface area contributed by atoms with Crippen LogP contribution in [-0.2, 0) is 6.54 Å². The highest BCUT2D eigenvalue weighted by Crippen LogP contribution is 2.46. The minimum Gasteiger partial charge on any atom is -0.490 e. The molecule has 1 atom stereocenters. The fourth-order valence-corrected chi connectivity index (χ4v) is 5.30. The van der Waals surface area contributed by atoms with E-state index >= 15 is 0 Å². The molecule has 1 aromatic heterocycles. The van der Waals surface area contributed by atoms with Gasteiger partial charge in [0, 0.05) is 22.7 Å². The summed E-state index contributed by atoms with van der Waals surface area (Å²) < 4.78 is 23.1. The Morgan fingerprint density at radius 3 is 2.62 bits per heavy atom. The predicted molar refractivity (Wildman–Crippen MR) is 151 cm³/mol. The highest BCUT2D eigenvalue weighted by molar-refractivity contribution is 6.30. The number of nitrogens with one attached hydrogen (secondary N) is 1. The summed E-state index contributed by atoms with van der Waals surface area (Å²) in [5.74, 6) is 2.58. The highest BCUT2D eigenvalue weighted by atomic mass is 35.5. The Hall–Kier alpha value is -4.17. The van der Waals surface area contributed by atoms with Gasteiger partial charge in [-0.3, -0.25) is 9.89 Å². The molecule has 8 nitrogen and oxygen atoms in total. The summed E-state index contributed by atoms with van der Waals surface area (Å²) in [4.78, 5) is 15.7. The van der Waals surface area contributed by atoms with Crippen molar-refractivity contribution < 1.29 is 23.7 Å². The molecule has 0 fully saturated rings. The van der Waals surface area contributed by atoms with Gasteiger partial charge in [-0.2, -0.15) is 5.10 Å². The van der Waals surface area contributed by atoms with Gasteiger partial charge < -0.3 is 23.8 Å². The lowest BCUT2D eigenvalue weighted by Crippen LogP contribution is -2.29. The molecule has 3 aromatic carbocycles. The zero-order valence-corrected chi connectivity index (χ0v) is 23.2. The van der Waals surface area contributed by atoms with E-state index in [0.29, 0.717) is 59.2 Å². The molecule has 1 N–H and O–H groups in total. The Balaban J connectivity index is 1.43. The van der Waals surface area contributed by atoms with E-state index in [1.165, 1.54) is 0 Å². The van der Waals surface area contributed by atoms with Gasteiger partial charge in [-0.1, -0.05) is 49.2 Å². The minimum atomic E-state index is -0.416. The number of fused-ring (bicyclic) bond motifs is 2. The van der Waals surface area contributed by atoms with Crippen LogP contribution in [0.4, 0.5) is 0 Å². The number of aromatic nitrogens is 2. The van der Waals surface area contributed by atoms with E-state index in [-0.39, 0.29) is 12.7 Å². The van der Waals surface area contributed by atoms with Gasteiger partial charge in [0.25, 0.3) is 5.91 Å². The quantitative estimate of drug-likeness (QED) is 0.215. The average Bonchev–Trinajstić information content (AvgIpc) is 3.67. The van der Waals surface area contributed by atoms with E-state index < -0.39 is 6.04 Å². The Morgan fingerprint density at radius 2 is 1.82 bits per heavy atom. The molecule has 0 saturated carbocycles. The lowest BCUT2D eigenvalue weighted by atomic mass is 9.95. The molecule has 4 aromatic rings. The third-order valence-corrected chi connectivity index (χ3v) is 7.36. The predicted octanol–water partition coefficient (Wildman–Crippen LogP) is 6.78. The molecule has 40 heavy (non-hydrogen) atoms. The van der Waals surface area contributed by atoms with Gasteiger partial charge in [0.1, 0.15) is 5.69 Å². The van der Waals surface area contributed by atoms with E-state index in [2.05, 4.69) is 17.1 Å². The van der Waals surface area contributed by atoms with E-state index in [9.17, 15) is 4.79 Å². The Bertz CT molecular complexity index is 1530. The molecule has 206 valence electrons. The Morgan fingerprint density at radius 1 is 1.00 bits per heavy atom. The van der Waals surface area contributed by atoms with Crippen molar-refractivity contribution in [3.05, 3.63) is 88.1 Å². The summed E-state index contributed by atoms with van der Waals surface area (Å²) in [5, 5.41) is 8.22. The summed E-state index contributed by atoms with van der Waals surface area (Å²) in [7, 11) is 0. The van der Waals surface area contributed by atoms with Crippen molar-refractivity contribution in [3.63, 3.8) is 0 Å².